The third-order valence-corrected chi connectivity index (χ3v) is 3.86. The molecule has 2 aromatic rings. The lowest BCUT2D eigenvalue weighted by Crippen LogP contribution is -2.50. The Morgan fingerprint density at radius 3 is 2.39 bits per heavy atom. The summed E-state index contributed by atoms with van der Waals surface area (Å²) in [6.07, 6.45) is -2.16. The van der Waals surface area contributed by atoms with Crippen LogP contribution >= 0.6 is 0 Å². The molecule has 0 aliphatic carbocycles. The van der Waals surface area contributed by atoms with E-state index in [9.17, 15) is 23.1 Å². The van der Waals surface area contributed by atoms with Crippen molar-refractivity contribution in [2.75, 3.05) is 5.01 Å². The minimum Gasteiger partial charge on any atom is -0.478 e. The number of carboxylic acid groups (broad SMARTS) is 1. The minimum absolute atomic E-state index is 0.338. The molecule has 2 aromatic carbocycles. The first-order valence-corrected chi connectivity index (χ1v) is 7.79. The van der Waals surface area contributed by atoms with E-state index in [1.165, 1.54) is 29.7 Å². The van der Waals surface area contributed by atoms with Crippen LogP contribution in [0.3, 0.4) is 0 Å². The van der Waals surface area contributed by atoms with Crippen molar-refractivity contribution in [3.05, 3.63) is 59.7 Å². The predicted octanol–water partition coefficient (Wildman–Crippen LogP) is 2.17. The summed E-state index contributed by atoms with van der Waals surface area (Å²) in [4.78, 5) is 16.0. The highest BCUT2D eigenvalue weighted by Gasteiger charge is 2.45. The van der Waals surface area contributed by atoms with Gasteiger partial charge in [-0.3, -0.25) is 5.01 Å². The molecular formula is C17H14F3N5O3. The lowest BCUT2D eigenvalue weighted by atomic mass is 10.00. The number of nitrogens with one attached hydrogen (secondary N) is 1. The number of rotatable bonds is 5. The number of hydrogen-bond acceptors (Lipinski definition) is 7. The molecule has 0 saturated carbocycles. The van der Waals surface area contributed by atoms with Gasteiger partial charge in [-0.25, -0.2) is 9.79 Å². The van der Waals surface area contributed by atoms with Crippen molar-refractivity contribution >= 4 is 24.2 Å². The number of halogens is 3. The van der Waals surface area contributed by atoms with Crippen LogP contribution in [0.1, 0.15) is 11.1 Å². The van der Waals surface area contributed by atoms with Crippen LogP contribution in [0.4, 0.5) is 18.9 Å². The fraction of sp³-hybridized carbons (Fsp3) is 0.118. The Labute approximate surface area is 156 Å². The quantitative estimate of drug-likeness (QED) is 0.408. The lowest BCUT2D eigenvalue weighted by Gasteiger charge is -2.26. The van der Waals surface area contributed by atoms with Gasteiger partial charge in [0, 0.05) is 5.56 Å². The summed E-state index contributed by atoms with van der Waals surface area (Å²) >= 11 is 0. The number of carbonyl (C=O) groups is 1. The van der Waals surface area contributed by atoms with Gasteiger partial charge in [-0.15, -0.1) is 13.2 Å². The number of nitrogens with zero attached hydrogens (tertiary/aromatic N) is 3. The molecule has 0 radical (unpaired) electrons. The van der Waals surface area contributed by atoms with Gasteiger partial charge < -0.3 is 15.7 Å². The van der Waals surface area contributed by atoms with Gasteiger partial charge in [0.25, 0.3) is 5.66 Å². The molecule has 1 aliphatic rings. The Kier molecular flexibility index (Phi) is 4.92. The molecule has 146 valence electrons. The van der Waals surface area contributed by atoms with E-state index in [0.29, 0.717) is 16.8 Å². The van der Waals surface area contributed by atoms with Gasteiger partial charge in [0.1, 0.15) is 12.1 Å². The number of benzene rings is 2. The Balaban J connectivity index is 1.83. The summed E-state index contributed by atoms with van der Waals surface area (Å²) in [5.41, 5.74) is 2.33. The highest BCUT2D eigenvalue weighted by Crippen LogP contribution is 2.31. The van der Waals surface area contributed by atoms with Gasteiger partial charge in [-0.1, -0.05) is 24.3 Å². The molecule has 28 heavy (non-hydrogen) atoms. The Hall–Kier alpha value is -3.60. The van der Waals surface area contributed by atoms with E-state index in [2.05, 4.69) is 20.3 Å². The third-order valence-electron chi connectivity index (χ3n) is 3.86. The number of carboxylic acids is 1. The van der Waals surface area contributed by atoms with Crippen molar-refractivity contribution in [2.45, 2.75) is 12.0 Å². The van der Waals surface area contributed by atoms with Gasteiger partial charge in [-0.05, 0) is 29.8 Å². The summed E-state index contributed by atoms with van der Waals surface area (Å²) in [5, 5.41) is 14.4. The number of nitrogens with two attached hydrogens (primary N) is 1. The lowest BCUT2D eigenvalue weighted by molar-refractivity contribution is -0.274. The average Bonchev–Trinajstić information content (AvgIpc) is 3.09. The summed E-state index contributed by atoms with van der Waals surface area (Å²) in [7, 11) is 0. The van der Waals surface area contributed by atoms with Crippen molar-refractivity contribution < 1.29 is 27.8 Å². The summed E-state index contributed by atoms with van der Waals surface area (Å²) in [5.74, 6) is 3.43. The molecule has 3 rings (SSSR count). The standard InChI is InChI=1S/C17H14F3N5O3/c18-17(19,20)28-14-7-5-13(6-8-14)25-10-22-16(24-25,15(26)27)12-3-1-11(2-4-12)9-23-21/h1-10,24H,21H2,(H,26,27)/b23-9+. The van der Waals surface area contributed by atoms with E-state index in [-0.39, 0.29) is 0 Å². The maximum atomic E-state index is 12.3. The molecule has 0 amide bonds. The zero-order valence-electron chi connectivity index (χ0n) is 14.1. The Bertz CT molecular complexity index is 913. The molecule has 1 heterocycles. The van der Waals surface area contributed by atoms with Crippen LogP contribution in [0.2, 0.25) is 0 Å². The first-order chi connectivity index (χ1) is 13.2. The van der Waals surface area contributed by atoms with Crippen LogP contribution < -0.4 is 21.0 Å². The molecule has 1 atom stereocenters. The van der Waals surface area contributed by atoms with Crippen LogP contribution in [-0.2, 0) is 10.5 Å². The molecule has 8 nitrogen and oxygen atoms in total. The van der Waals surface area contributed by atoms with E-state index in [4.69, 9.17) is 5.84 Å². The smallest absolute Gasteiger partial charge is 0.478 e. The van der Waals surface area contributed by atoms with Gasteiger partial charge in [0.15, 0.2) is 0 Å². The Morgan fingerprint density at radius 1 is 1.21 bits per heavy atom. The number of hydrogen-bond donors (Lipinski definition) is 3. The van der Waals surface area contributed by atoms with Crippen molar-refractivity contribution in [1.82, 2.24) is 5.43 Å². The molecule has 0 saturated heterocycles. The van der Waals surface area contributed by atoms with E-state index in [1.807, 2.05) is 0 Å². The number of aliphatic imine (C=N–C) groups is 1. The molecular weight excluding hydrogens is 379 g/mol. The van der Waals surface area contributed by atoms with Crippen molar-refractivity contribution in [3.8, 4) is 5.75 Å². The van der Waals surface area contributed by atoms with Crippen LogP contribution in [0.15, 0.2) is 58.6 Å². The maximum Gasteiger partial charge on any atom is 0.573 e. The molecule has 0 fully saturated rings. The van der Waals surface area contributed by atoms with E-state index in [1.54, 1.807) is 24.3 Å². The molecule has 0 aromatic heterocycles. The van der Waals surface area contributed by atoms with Crippen LogP contribution in [0, 0.1) is 0 Å². The monoisotopic (exact) mass is 393 g/mol. The molecule has 4 N–H and O–H groups in total. The van der Waals surface area contributed by atoms with Crippen molar-refractivity contribution in [3.63, 3.8) is 0 Å². The predicted molar refractivity (Wildman–Crippen MR) is 94.8 cm³/mol. The largest absolute Gasteiger partial charge is 0.573 e. The first kappa shape index (κ1) is 19.2. The second-order valence-electron chi connectivity index (χ2n) is 5.68. The van der Waals surface area contributed by atoms with Crippen molar-refractivity contribution in [1.29, 1.82) is 0 Å². The molecule has 1 aliphatic heterocycles. The fourth-order valence-electron chi connectivity index (χ4n) is 2.58. The van der Waals surface area contributed by atoms with Crippen LogP contribution in [0.25, 0.3) is 0 Å². The highest BCUT2D eigenvalue weighted by atomic mass is 19.4. The number of aliphatic carboxylic acids is 1. The van der Waals surface area contributed by atoms with Crippen LogP contribution in [-0.4, -0.2) is 30.0 Å². The molecule has 0 bridgehead atoms. The van der Waals surface area contributed by atoms with Gasteiger partial charge in [0.05, 0.1) is 11.9 Å². The van der Waals surface area contributed by atoms with Gasteiger partial charge in [0.2, 0.25) is 0 Å². The molecule has 11 heteroatoms. The summed E-state index contributed by atoms with van der Waals surface area (Å²) < 4.78 is 40.6. The average molecular weight is 393 g/mol. The highest BCUT2D eigenvalue weighted by molar-refractivity contribution is 5.90. The zero-order chi connectivity index (χ0) is 20.4. The second kappa shape index (κ2) is 7.19. The summed E-state index contributed by atoms with van der Waals surface area (Å²) in [6.45, 7) is 0. The first-order valence-electron chi connectivity index (χ1n) is 7.79. The number of anilines is 1. The van der Waals surface area contributed by atoms with E-state index >= 15 is 0 Å². The van der Waals surface area contributed by atoms with Crippen molar-refractivity contribution in [2.24, 2.45) is 15.9 Å². The zero-order valence-corrected chi connectivity index (χ0v) is 14.1. The number of ether oxygens (including phenoxy) is 1. The second-order valence-corrected chi connectivity index (χ2v) is 5.68. The SMILES string of the molecule is N/N=C/c1ccc(C2(C(=O)O)N=CN(c3ccc(OC(F)(F)F)cc3)N2)cc1. The molecule has 0 spiro atoms. The molecule has 1 unspecified atom stereocenters. The number of alkyl halides is 3. The van der Waals surface area contributed by atoms with E-state index in [0.717, 1.165) is 12.1 Å². The van der Waals surface area contributed by atoms with Gasteiger partial charge in [-0.2, -0.15) is 10.5 Å². The van der Waals surface area contributed by atoms with Crippen LogP contribution in [0.5, 0.6) is 5.75 Å². The third kappa shape index (κ3) is 3.88. The number of hydrazine groups is 1. The minimum atomic E-state index is -4.80. The van der Waals surface area contributed by atoms with E-state index < -0.39 is 23.7 Å². The Morgan fingerprint density at radius 2 is 1.86 bits per heavy atom. The summed E-state index contributed by atoms with van der Waals surface area (Å²) in [6, 6.07) is 11.2. The normalized spacial score (nSPS) is 19.3. The fourth-order valence-corrected chi connectivity index (χ4v) is 2.58. The van der Waals surface area contributed by atoms with Gasteiger partial charge >= 0.3 is 12.3 Å². The number of hydrazone groups is 1. The maximum absolute atomic E-state index is 12.3. The topological polar surface area (TPSA) is 113 Å².